The van der Waals surface area contributed by atoms with Gasteiger partial charge in [-0.05, 0) is 54.3 Å². The van der Waals surface area contributed by atoms with E-state index in [2.05, 4.69) is 42.3 Å². The summed E-state index contributed by atoms with van der Waals surface area (Å²) in [6.45, 7) is 6.56. The maximum Gasteiger partial charge on any atom is 0.144 e. The molecule has 0 aliphatic carbocycles. The van der Waals surface area contributed by atoms with Gasteiger partial charge < -0.3 is 20.1 Å². The number of anilines is 2. The summed E-state index contributed by atoms with van der Waals surface area (Å²) in [4.78, 5) is 4.04. The Morgan fingerprint density at radius 3 is 2.52 bits per heavy atom. The molecule has 0 saturated heterocycles. The molecular formula is C25H28N2O3S. The number of ether oxygens (including phenoxy) is 1. The number of benzene rings is 3. The van der Waals surface area contributed by atoms with Gasteiger partial charge in [-0.1, -0.05) is 42.5 Å². The van der Waals surface area contributed by atoms with Crippen LogP contribution in [0.3, 0.4) is 0 Å². The van der Waals surface area contributed by atoms with E-state index >= 15 is 0 Å². The molecule has 0 aromatic heterocycles. The summed E-state index contributed by atoms with van der Waals surface area (Å²) in [6.07, 6.45) is 0. The fourth-order valence-corrected chi connectivity index (χ4v) is 5.45. The molecule has 0 fully saturated rings. The van der Waals surface area contributed by atoms with Gasteiger partial charge in [0, 0.05) is 19.6 Å². The molecule has 162 valence electrons. The first kappa shape index (κ1) is 21.7. The number of nitrogens with one attached hydrogen (secondary N) is 1. The predicted octanol–water partition coefficient (Wildman–Crippen LogP) is 4.18. The fourth-order valence-electron chi connectivity index (χ4n) is 4.01. The Kier molecular flexibility index (Phi) is 6.83. The third kappa shape index (κ3) is 4.43. The Morgan fingerprint density at radius 1 is 0.968 bits per heavy atom. The van der Waals surface area contributed by atoms with E-state index < -0.39 is 10.8 Å². The van der Waals surface area contributed by atoms with Crippen LogP contribution in [0, 0.1) is 13.8 Å². The quantitative estimate of drug-likeness (QED) is 0.410. The fraction of sp³-hybridized carbons (Fsp3) is 0.280. The maximum atomic E-state index is 13.2. The Labute approximate surface area is 186 Å². The van der Waals surface area contributed by atoms with E-state index in [1.165, 1.54) is 11.1 Å². The molecule has 5 nitrogen and oxygen atoms in total. The summed E-state index contributed by atoms with van der Waals surface area (Å²) < 4.78 is 18.4. The lowest BCUT2D eigenvalue weighted by Gasteiger charge is -2.34. The zero-order chi connectivity index (χ0) is 21.8. The molecule has 6 heteroatoms. The van der Waals surface area contributed by atoms with Crippen molar-refractivity contribution in [1.82, 2.24) is 5.32 Å². The van der Waals surface area contributed by atoms with Gasteiger partial charge in [0.2, 0.25) is 0 Å². The van der Waals surface area contributed by atoms with E-state index in [-0.39, 0.29) is 6.79 Å². The monoisotopic (exact) mass is 436 g/mol. The van der Waals surface area contributed by atoms with Crippen molar-refractivity contribution in [2.45, 2.75) is 36.8 Å². The molecule has 0 amide bonds. The molecule has 1 atom stereocenters. The molecule has 31 heavy (non-hydrogen) atoms. The molecule has 3 aromatic carbocycles. The Hall–Kier alpha value is -2.51. The number of aliphatic hydroxyl groups is 1. The third-order valence-corrected chi connectivity index (χ3v) is 7.26. The van der Waals surface area contributed by atoms with Gasteiger partial charge in [0.05, 0.1) is 38.6 Å². The van der Waals surface area contributed by atoms with Gasteiger partial charge in [0.25, 0.3) is 0 Å². The average Bonchev–Trinajstić information content (AvgIpc) is 2.80. The van der Waals surface area contributed by atoms with Crippen molar-refractivity contribution in [3.63, 3.8) is 0 Å². The van der Waals surface area contributed by atoms with Crippen molar-refractivity contribution in [1.29, 1.82) is 0 Å². The van der Waals surface area contributed by atoms with E-state index in [0.717, 1.165) is 45.4 Å². The van der Waals surface area contributed by atoms with E-state index in [1.54, 1.807) is 0 Å². The molecule has 0 radical (unpaired) electrons. The summed E-state index contributed by atoms with van der Waals surface area (Å²) in [5.74, 6) is 0. The molecule has 2 N–H and O–H groups in total. The molecule has 4 rings (SSSR count). The number of hydrogen-bond donors (Lipinski definition) is 2. The second kappa shape index (κ2) is 9.75. The van der Waals surface area contributed by atoms with Crippen molar-refractivity contribution in [2.24, 2.45) is 0 Å². The first-order valence-corrected chi connectivity index (χ1v) is 11.6. The summed E-state index contributed by atoms with van der Waals surface area (Å²) in [6, 6.07) is 20.1. The zero-order valence-electron chi connectivity index (χ0n) is 17.9. The normalized spacial score (nSPS) is 14.9. The lowest BCUT2D eigenvalue weighted by atomic mass is 10.1. The van der Waals surface area contributed by atoms with Crippen LogP contribution in [-0.4, -0.2) is 29.2 Å². The molecule has 0 spiro atoms. The molecule has 1 aliphatic rings. The maximum absolute atomic E-state index is 13.2. The summed E-state index contributed by atoms with van der Waals surface area (Å²) in [7, 11) is -1.17. The summed E-state index contributed by atoms with van der Waals surface area (Å²) in [5, 5.41) is 12.5. The van der Waals surface area contributed by atoms with Crippen molar-refractivity contribution < 1.29 is 14.1 Å². The number of rotatable bonds is 8. The van der Waals surface area contributed by atoms with Crippen LogP contribution in [0.4, 0.5) is 11.4 Å². The lowest BCUT2D eigenvalue weighted by molar-refractivity contribution is -0.0115. The number of nitrogens with zero attached hydrogens (tertiary/aromatic N) is 1. The SMILES string of the molecule is Cc1ccc2c(c1C)N(CCNCc1ccccc1COCO)c1ccccc1S2=O. The standard InChI is InChI=1S/C25H28N2O3S/c1-18-11-12-24-25(19(18)2)27(22-9-5-6-10-23(22)31(24)29)14-13-26-15-20-7-3-4-8-21(20)16-30-17-28/h3-12,26,28H,13-17H2,1-2H3. The molecular weight excluding hydrogens is 408 g/mol. The zero-order valence-corrected chi connectivity index (χ0v) is 18.7. The van der Waals surface area contributed by atoms with Gasteiger partial charge in [-0.15, -0.1) is 0 Å². The molecule has 1 heterocycles. The summed E-state index contributed by atoms with van der Waals surface area (Å²) >= 11 is 0. The third-order valence-electron chi connectivity index (χ3n) is 5.79. The van der Waals surface area contributed by atoms with Crippen molar-refractivity contribution in [3.05, 3.63) is 82.9 Å². The van der Waals surface area contributed by atoms with Gasteiger partial charge in [-0.2, -0.15) is 0 Å². The van der Waals surface area contributed by atoms with Gasteiger partial charge in [0.15, 0.2) is 0 Å². The van der Waals surface area contributed by atoms with Crippen molar-refractivity contribution in [2.75, 3.05) is 24.8 Å². The van der Waals surface area contributed by atoms with Crippen LogP contribution in [0.5, 0.6) is 0 Å². The van der Waals surface area contributed by atoms with Gasteiger partial charge >= 0.3 is 0 Å². The van der Waals surface area contributed by atoms with E-state index in [1.807, 2.05) is 42.5 Å². The average molecular weight is 437 g/mol. The van der Waals surface area contributed by atoms with Gasteiger partial charge in [-0.25, -0.2) is 4.21 Å². The second-order valence-electron chi connectivity index (χ2n) is 7.67. The first-order valence-electron chi connectivity index (χ1n) is 10.5. The topological polar surface area (TPSA) is 61.8 Å². The number of aliphatic hydroxyl groups excluding tert-OH is 1. The molecule has 3 aromatic rings. The van der Waals surface area contributed by atoms with Crippen LogP contribution >= 0.6 is 0 Å². The number of fused-ring (bicyclic) bond motifs is 2. The van der Waals surface area contributed by atoms with E-state index in [0.29, 0.717) is 13.2 Å². The smallest absolute Gasteiger partial charge is 0.144 e. The van der Waals surface area contributed by atoms with Crippen LogP contribution in [0.25, 0.3) is 0 Å². The van der Waals surface area contributed by atoms with Crippen molar-refractivity contribution in [3.8, 4) is 0 Å². The molecule has 0 saturated carbocycles. The highest BCUT2D eigenvalue weighted by Crippen LogP contribution is 2.44. The molecule has 0 bridgehead atoms. The Morgan fingerprint density at radius 2 is 1.71 bits per heavy atom. The summed E-state index contributed by atoms with van der Waals surface area (Å²) in [5.41, 5.74) is 6.68. The van der Waals surface area contributed by atoms with Crippen LogP contribution in [0.15, 0.2) is 70.5 Å². The van der Waals surface area contributed by atoms with Crippen molar-refractivity contribution >= 4 is 22.2 Å². The number of para-hydroxylation sites is 1. The first-order chi connectivity index (χ1) is 15.1. The van der Waals surface area contributed by atoms with E-state index in [4.69, 9.17) is 9.84 Å². The second-order valence-corrected chi connectivity index (χ2v) is 9.08. The highest BCUT2D eigenvalue weighted by atomic mass is 32.2. The van der Waals surface area contributed by atoms with Crippen LogP contribution in [-0.2, 0) is 28.7 Å². The van der Waals surface area contributed by atoms with Gasteiger partial charge in [0.1, 0.15) is 6.79 Å². The highest BCUT2D eigenvalue weighted by molar-refractivity contribution is 7.85. The number of aryl methyl sites for hydroxylation is 1. The number of hydrogen-bond acceptors (Lipinski definition) is 5. The van der Waals surface area contributed by atoms with E-state index in [9.17, 15) is 4.21 Å². The van der Waals surface area contributed by atoms with Crippen LogP contribution < -0.4 is 10.2 Å². The van der Waals surface area contributed by atoms with Crippen LogP contribution in [0.2, 0.25) is 0 Å². The van der Waals surface area contributed by atoms with Gasteiger partial charge in [-0.3, -0.25) is 0 Å². The Balaban J connectivity index is 1.53. The minimum atomic E-state index is -1.17. The molecule has 1 aliphatic heterocycles. The Bertz CT molecular complexity index is 1100. The molecule has 1 unspecified atom stereocenters. The largest absolute Gasteiger partial charge is 0.371 e. The predicted molar refractivity (Wildman–Crippen MR) is 124 cm³/mol. The lowest BCUT2D eigenvalue weighted by Crippen LogP contribution is -2.32. The highest BCUT2D eigenvalue weighted by Gasteiger charge is 2.29. The minimum Gasteiger partial charge on any atom is -0.371 e. The van der Waals surface area contributed by atoms with Crippen LogP contribution in [0.1, 0.15) is 22.3 Å². The minimum absolute atomic E-state index is 0.282.